The lowest BCUT2D eigenvalue weighted by atomic mass is 10.1. The van der Waals surface area contributed by atoms with E-state index in [2.05, 4.69) is 4.98 Å². The van der Waals surface area contributed by atoms with Gasteiger partial charge in [0.05, 0.1) is 18.4 Å². The molecule has 124 valence electrons. The van der Waals surface area contributed by atoms with Gasteiger partial charge in [-0.1, -0.05) is 0 Å². The number of aromatic amines is 1. The first kappa shape index (κ1) is 17.0. The number of rotatable bonds is 3. The number of primary sulfonamides is 1. The number of sulfonamides is 1. The van der Waals surface area contributed by atoms with Gasteiger partial charge in [0.25, 0.3) is 0 Å². The van der Waals surface area contributed by atoms with E-state index in [1.807, 2.05) is 4.98 Å². The summed E-state index contributed by atoms with van der Waals surface area (Å²) in [6.45, 7) is 0. The van der Waals surface area contributed by atoms with E-state index in [0.717, 1.165) is 12.3 Å². The molecule has 0 radical (unpaired) electrons. The molecule has 0 saturated carbocycles. The van der Waals surface area contributed by atoms with Gasteiger partial charge in [-0.15, -0.1) is 0 Å². The Morgan fingerprint density at radius 2 is 1.96 bits per heavy atom. The van der Waals surface area contributed by atoms with Crippen LogP contribution in [0.4, 0.5) is 13.2 Å². The lowest BCUT2D eigenvalue weighted by molar-refractivity contribution is -0.141. The Hall–Kier alpha value is -2.40. The van der Waals surface area contributed by atoms with Crippen molar-refractivity contribution < 1.29 is 26.3 Å². The topological polar surface area (TPSA) is 115 Å². The zero-order valence-electron chi connectivity index (χ0n) is 11.5. The highest BCUT2D eigenvalue weighted by Gasteiger charge is 2.32. The molecule has 23 heavy (non-hydrogen) atoms. The first-order valence-electron chi connectivity index (χ1n) is 5.92. The van der Waals surface area contributed by atoms with Crippen molar-refractivity contribution in [2.75, 3.05) is 7.11 Å². The van der Waals surface area contributed by atoms with E-state index < -0.39 is 37.9 Å². The number of hydrogen-bond donors (Lipinski definition) is 2. The van der Waals surface area contributed by atoms with Crippen LogP contribution < -0.4 is 15.3 Å². The summed E-state index contributed by atoms with van der Waals surface area (Å²) in [6.07, 6.45) is -4.02. The lowest BCUT2D eigenvalue weighted by Gasteiger charge is -2.10. The maximum atomic E-state index is 12.6. The minimum absolute atomic E-state index is 0.0355. The molecule has 0 atom stereocenters. The van der Waals surface area contributed by atoms with Gasteiger partial charge in [-0.3, -0.25) is 4.79 Å². The van der Waals surface area contributed by atoms with E-state index in [1.165, 1.54) is 13.2 Å². The number of nitrogens with zero attached hydrogens (tertiary/aromatic N) is 1. The van der Waals surface area contributed by atoms with Crippen LogP contribution in [0.3, 0.4) is 0 Å². The SMILES string of the molecule is COc1ccc(S(N)(=O)=O)c(-c2c[nH]c(C(F)(F)F)cc2=O)n1. The van der Waals surface area contributed by atoms with Gasteiger partial charge < -0.3 is 9.72 Å². The van der Waals surface area contributed by atoms with Gasteiger partial charge in [0.15, 0.2) is 5.43 Å². The number of nitrogens with one attached hydrogen (secondary N) is 1. The highest BCUT2D eigenvalue weighted by molar-refractivity contribution is 7.89. The van der Waals surface area contributed by atoms with Crippen molar-refractivity contribution in [3.63, 3.8) is 0 Å². The first-order chi connectivity index (χ1) is 10.5. The smallest absolute Gasteiger partial charge is 0.431 e. The molecule has 0 aliphatic carbocycles. The average molecular weight is 349 g/mol. The summed E-state index contributed by atoms with van der Waals surface area (Å²) < 4.78 is 65.7. The molecule has 0 bridgehead atoms. The number of H-pyrrole nitrogens is 1. The Bertz CT molecular complexity index is 906. The Labute approximate surface area is 128 Å². The molecule has 0 aliphatic rings. The standard InChI is InChI=1S/C12H10F3N3O4S/c1-22-10-3-2-8(23(16,20)21)11(18-10)6-5-17-9(4-7(6)19)12(13,14)15/h2-5H,1H3,(H,17,19)(H2,16,20,21). The van der Waals surface area contributed by atoms with Gasteiger partial charge >= 0.3 is 6.18 Å². The van der Waals surface area contributed by atoms with E-state index in [9.17, 15) is 26.4 Å². The van der Waals surface area contributed by atoms with Crippen molar-refractivity contribution in [3.05, 3.63) is 40.3 Å². The van der Waals surface area contributed by atoms with Gasteiger partial charge in [0.1, 0.15) is 10.6 Å². The highest BCUT2D eigenvalue weighted by atomic mass is 32.2. The second-order valence-corrected chi connectivity index (χ2v) is 5.90. The number of pyridine rings is 2. The predicted molar refractivity (Wildman–Crippen MR) is 73.2 cm³/mol. The minimum atomic E-state index is -4.75. The molecule has 2 aromatic rings. The Morgan fingerprint density at radius 3 is 2.43 bits per heavy atom. The summed E-state index contributed by atoms with van der Waals surface area (Å²) >= 11 is 0. The molecule has 0 unspecified atom stereocenters. The molecule has 0 amide bonds. The summed E-state index contributed by atoms with van der Waals surface area (Å²) in [5.74, 6) is -0.0355. The summed E-state index contributed by atoms with van der Waals surface area (Å²) in [5, 5.41) is 5.03. The van der Waals surface area contributed by atoms with Crippen molar-refractivity contribution >= 4 is 10.0 Å². The molecule has 2 aromatic heterocycles. The van der Waals surface area contributed by atoms with E-state index in [4.69, 9.17) is 9.88 Å². The molecule has 11 heteroatoms. The minimum Gasteiger partial charge on any atom is -0.481 e. The highest BCUT2D eigenvalue weighted by Crippen LogP contribution is 2.29. The number of halogens is 3. The number of aromatic nitrogens is 2. The van der Waals surface area contributed by atoms with Gasteiger partial charge in [-0.25, -0.2) is 18.5 Å². The van der Waals surface area contributed by atoms with Gasteiger partial charge in [0, 0.05) is 18.3 Å². The van der Waals surface area contributed by atoms with Crippen LogP contribution in [0.5, 0.6) is 5.88 Å². The fourth-order valence-corrected chi connectivity index (χ4v) is 2.47. The van der Waals surface area contributed by atoms with Crippen LogP contribution in [0, 0.1) is 0 Å². The Morgan fingerprint density at radius 1 is 1.30 bits per heavy atom. The quantitative estimate of drug-likeness (QED) is 0.861. The zero-order chi connectivity index (χ0) is 17.4. The van der Waals surface area contributed by atoms with Crippen molar-refractivity contribution in [2.24, 2.45) is 5.14 Å². The summed E-state index contributed by atoms with van der Waals surface area (Å²) in [7, 11) is -3.01. The third kappa shape index (κ3) is 3.51. The third-order valence-electron chi connectivity index (χ3n) is 2.82. The fraction of sp³-hybridized carbons (Fsp3) is 0.167. The van der Waals surface area contributed by atoms with Crippen LogP contribution in [-0.4, -0.2) is 25.5 Å². The van der Waals surface area contributed by atoms with E-state index >= 15 is 0 Å². The Balaban J connectivity index is 2.74. The van der Waals surface area contributed by atoms with Crippen molar-refractivity contribution in [1.29, 1.82) is 0 Å². The lowest BCUT2D eigenvalue weighted by Crippen LogP contribution is -2.18. The molecule has 3 N–H and O–H groups in total. The molecule has 2 heterocycles. The summed E-state index contributed by atoms with van der Waals surface area (Å²) in [5.41, 5.74) is -3.13. The third-order valence-corrected chi connectivity index (χ3v) is 3.76. The number of alkyl halides is 3. The average Bonchev–Trinajstić information content (AvgIpc) is 2.44. The molecule has 7 nitrogen and oxygen atoms in total. The second kappa shape index (κ2) is 5.66. The molecular formula is C12H10F3N3O4S. The molecular weight excluding hydrogens is 339 g/mol. The zero-order valence-corrected chi connectivity index (χ0v) is 12.3. The van der Waals surface area contributed by atoms with Crippen LogP contribution in [0.25, 0.3) is 11.3 Å². The first-order valence-corrected chi connectivity index (χ1v) is 7.47. The number of ether oxygens (including phenoxy) is 1. The van der Waals surface area contributed by atoms with Crippen molar-refractivity contribution in [2.45, 2.75) is 11.1 Å². The number of nitrogens with two attached hydrogens (primary N) is 1. The molecule has 0 aliphatic heterocycles. The summed E-state index contributed by atoms with van der Waals surface area (Å²) in [6, 6.07) is 2.55. The van der Waals surface area contributed by atoms with Crippen molar-refractivity contribution in [3.8, 4) is 17.1 Å². The van der Waals surface area contributed by atoms with Crippen LogP contribution in [0.15, 0.2) is 34.1 Å². The van der Waals surface area contributed by atoms with Crippen LogP contribution >= 0.6 is 0 Å². The van der Waals surface area contributed by atoms with E-state index in [1.54, 1.807) is 0 Å². The normalized spacial score (nSPS) is 12.2. The maximum absolute atomic E-state index is 12.6. The number of hydrogen-bond acceptors (Lipinski definition) is 5. The molecule has 0 aromatic carbocycles. The van der Waals surface area contributed by atoms with E-state index in [0.29, 0.717) is 6.07 Å². The molecule has 0 spiro atoms. The summed E-state index contributed by atoms with van der Waals surface area (Å²) in [4.78, 5) is 17.1. The monoisotopic (exact) mass is 349 g/mol. The molecule has 2 rings (SSSR count). The number of methoxy groups -OCH3 is 1. The van der Waals surface area contributed by atoms with Crippen LogP contribution in [0.2, 0.25) is 0 Å². The molecule has 0 saturated heterocycles. The maximum Gasteiger partial charge on any atom is 0.431 e. The molecule has 0 fully saturated rings. The van der Waals surface area contributed by atoms with Crippen molar-refractivity contribution in [1.82, 2.24) is 9.97 Å². The van der Waals surface area contributed by atoms with Crippen LogP contribution in [0.1, 0.15) is 5.69 Å². The second-order valence-electron chi connectivity index (χ2n) is 4.37. The van der Waals surface area contributed by atoms with Gasteiger partial charge in [-0.2, -0.15) is 13.2 Å². The predicted octanol–water partition coefficient (Wildman–Crippen LogP) is 1.11. The van der Waals surface area contributed by atoms with Crippen LogP contribution in [-0.2, 0) is 16.2 Å². The van der Waals surface area contributed by atoms with E-state index in [-0.39, 0.29) is 11.4 Å². The largest absolute Gasteiger partial charge is 0.481 e. The Kier molecular flexibility index (Phi) is 4.18. The van der Waals surface area contributed by atoms with Gasteiger partial charge in [0.2, 0.25) is 15.9 Å². The van der Waals surface area contributed by atoms with Gasteiger partial charge in [-0.05, 0) is 6.07 Å². The fourth-order valence-electron chi connectivity index (χ4n) is 1.78.